The van der Waals surface area contributed by atoms with Crippen LogP contribution in [-0.2, 0) is 9.47 Å². The summed E-state index contributed by atoms with van der Waals surface area (Å²) in [7, 11) is 1.64. The second-order valence-electron chi connectivity index (χ2n) is 5.54. The standard InChI is InChI=1S/C14H28N2O3/c1-5-12(9-18-4)16-14(17)15-8-11-6-7-19-13(11)10(2)3/h10-13H,5-9H2,1-4H3,(H2,15,16,17)/t11-,12+,13-/m1/s1. The third-order valence-electron chi connectivity index (χ3n) is 3.64. The van der Waals surface area contributed by atoms with Gasteiger partial charge in [-0.1, -0.05) is 20.8 Å². The van der Waals surface area contributed by atoms with Gasteiger partial charge in [-0.05, 0) is 18.8 Å². The third-order valence-corrected chi connectivity index (χ3v) is 3.64. The van der Waals surface area contributed by atoms with E-state index in [2.05, 4.69) is 24.5 Å². The monoisotopic (exact) mass is 272 g/mol. The lowest BCUT2D eigenvalue weighted by molar-refractivity contribution is 0.0544. The van der Waals surface area contributed by atoms with Gasteiger partial charge in [0.25, 0.3) is 0 Å². The van der Waals surface area contributed by atoms with E-state index in [4.69, 9.17) is 9.47 Å². The first kappa shape index (κ1) is 16.2. The van der Waals surface area contributed by atoms with Crippen molar-refractivity contribution in [2.24, 2.45) is 11.8 Å². The van der Waals surface area contributed by atoms with Gasteiger partial charge in [0.15, 0.2) is 0 Å². The molecule has 3 atom stereocenters. The summed E-state index contributed by atoms with van der Waals surface area (Å²) in [5, 5.41) is 5.87. The predicted octanol–water partition coefficient (Wildman–Crippen LogP) is 1.77. The number of carbonyl (C=O) groups excluding carboxylic acids is 1. The maximum Gasteiger partial charge on any atom is 0.315 e. The van der Waals surface area contributed by atoms with Gasteiger partial charge in [-0.15, -0.1) is 0 Å². The van der Waals surface area contributed by atoms with Gasteiger partial charge in [0.2, 0.25) is 0 Å². The lowest BCUT2D eigenvalue weighted by Crippen LogP contribution is -2.46. The van der Waals surface area contributed by atoms with E-state index in [1.165, 1.54) is 0 Å². The fraction of sp³-hybridized carbons (Fsp3) is 0.929. The minimum absolute atomic E-state index is 0.0747. The molecule has 0 spiro atoms. The summed E-state index contributed by atoms with van der Waals surface area (Å²) >= 11 is 0. The minimum atomic E-state index is -0.113. The molecule has 1 aliphatic heterocycles. The van der Waals surface area contributed by atoms with Gasteiger partial charge in [0, 0.05) is 26.2 Å². The zero-order valence-corrected chi connectivity index (χ0v) is 12.6. The molecule has 1 fully saturated rings. The molecule has 0 unspecified atom stereocenters. The number of rotatable bonds is 7. The summed E-state index contributed by atoms with van der Waals surface area (Å²) in [5.74, 6) is 0.919. The zero-order valence-electron chi connectivity index (χ0n) is 12.6. The van der Waals surface area contributed by atoms with Gasteiger partial charge in [-0.2, -0.15) is 0 Å². The summed E-state index contributed by atoms with van der Waals surface area (Å²) in [5.41, 5.74) is 0. The van der Waals surface area contributed by atoms with Gasteiger partial charge in [-0.3, -0.25) is 0 Å². The quantitative estimate of drug-likeness (QED) is 0.742. The summed E-state index contributed by atoms with van der Waals surface area (Å²) in [4.78, 5) is 11.8. The largest absolute Gasteiger partial charge is 0.383 e. The molecule has 5 nitrogen and oxygen atoms in total. The minimum Gasteiger partial charge on any atom is -0.383 e. The SMILES string of the molecule is CC[C@@H](COC)NC(=O)NC[C@H]1CCO[C@@H]1C(C)C. The summed E-state index contributed by atoms with van der Waals surface area (Å²) in [6, 6.07) is -0.0379. The van der Waals surface area contributed by atoms with Crippen molar-refractivity contribution in [3.05, 3.63) is 0 Å². The number of methoxy groups -OCH3 is 1. The molecule has 19 heavy (non-hydrogen) atoms. The fourth-order valence-electron chi connectivity index (χ4n) is 2.53. The molecule has 0 saturated carbocycles. The topological polar surface area (TPSA) is 59.6 Å². The third kappa shape index (κ3) is 5.37. The van der Waals surface area contributed by atoms with E-state index in [1.54, 1.807) is 7.11 Å². The molecule has 112 valence electrons. The molecule has 5 heteroatoms. The molecule has 1 aliphatic rings. The van der Waals surface area contributed by atoms with Crippen LogP contribution in [0.2, 0.25) is 0 Å². The number of carbonyl (C=O) groups is 1. The number of urea groups is 1. The highest BCUT2D eigenvalue weighted by atomic mass is 16.5. The number of amides is 2. The molecule has 1 rings (SSSR count). The molecular weight excluding hydrogens is 244 g/mol. The zero-order chi connectivity index (χ0) is 14.3. The fourth-order valence-corrected chi connectivity index (χ4v) is 2.53. The van der Waals surface area contributed by atoms with Crippen LogP contribution in [0.4, 0.5) is 4.79 Å². The normalized spacial score (nSPS) is 24.5. The van der Waals surface area contributed by atoms with Gasteiger partial charge < -0.3 is 20.1 Å². The first-order valence-electron chi connectivity index (χ1n) is 7.23. The smallest absolute Gasteiger partial charge is 0.315 e. The highest BCUT2D eigenvalue weighted by Crippen LogP contribution is 2.25. The number of hydrogen-bond acceptors (Lipinski definition) is 3. The van der Waals surface area contributed by atoms with Crippen LogP contribution < -0.4 is 10.6 Å². The molecule has 0 aromatic carbocycles. The van der Waals surface area contributed by atoms with E-state index in [0.29, 0.717) is 25.0 Å². The van der Waals surface area contributed by atoms with E-state index in [9.17, 15) is 4.79 Å². The van der Waals surface area contributed by atoms with Crippen molar-refractivity contribution in [3.8, 4) is 0 Å². The average molecular weight is 272 g/mol. The lowest BCUT2D eigenvalue weighted by atomic mass is 9.93. The van der Waals surface area contributed by atoms with E-state index in [1.807, 2.05) is 6.92 Å². The highest BCUT2D eigenvalue weighted by Gasteiger charge is 2.30. The van der Waals surface area contributed by atoms with Crippen molar-refractivity contribution < 1.29 is 14.3 Å². The predicted molar refractivity (Wildman–Crippen MR) is 75.2 cm³/mol. The van der Waals surface area contributed by atoms with Crippen LogP contribution in [0, 0.1) is 11.8 Å². The Bertz CT molecular complexity index is 271. The summed E-state index contributed by atoms with van der Waals surface area (Å²) in [6.07, 6.45) is 2.15. The molecule has 0 radical (unpaired) electrons. The maximum absolute atomic E-state index is 11.8. The molecule has 0 bridgehead atoms. The summed E-state index contributed by atoms with van der Waals surface area (Å²) in [6.45, 7) is 8.38. The Kier molecular flexibility index (Phi) is 7.16. The number of hydrogen-bond donors (Lipinski definition) is 2. The Morgan fingerprint density at radius 1 is 1.47 bits per heavy atom. The molecule has 0 aromatic rings. The molecule has 0 aliphatic carbocycles. The Morgan fingerprint density at radius 2 is 2.21 bits per heavy atom. The second-order valence-corrected chi connectivity index (χ2v) is 5.54. The van der Waals surface area contributed by atoms with Crippen LogP contribution in [-0.4, -0.2) is 45.0 Å². The van der Waals surface area contributed by atoms with E-state index in [0.717, 1.165) is 19.4 Å². The van der Waals surface area contributed by atoms with Crippen molar-refractivity contribution in [1.29, 1.82) is 0 Å². The number of ether oxygens (including phenoxy) is 2. The second kappa shape index (κ2) is 8.38. The number of nitrogens with one attached hydrogen (secondary N) is 2. The molecule has 1 heterocycles. The van der Waals surface area contributed by atoms with E-state index < -0.39 is 0 Å². The van der Waals surface area contributed by atoms with Gasteiger partial charge in [-0.25, -0.2) is 4.79 Å². The molecule has 1 saturated heterocycles. The van der Waals surface area contributed by atoms with Crippen molar-refractivity contribution in [2.45, 2.75) is 45.8 Å². The van der Waals surface area contributed by atoms with Crippen molar-refractivity contribution >= 4 is 6.03 Å². The Hall–Kier alpha value is -0.810. The molecule has 0 aromatic heterocycles. The van der Waals surface area contributed by atoms with Crippen molar-refractivity contribution in [2.75, 3.05) is 26.9 Å². The molecule has 2 N–H and O–H groups in total. The van der Waals surface area contributed by atoms with Crippen LogP contribution in [0.5, 0.6) is 0 Å². The average Bonchev–Trinajstić information content (AvgIpc) is 2.84. The van der Waals surface area contributed by atoms with Crippen LogP contribution in [0.3, 0.4) is 0 Å². The lowest BCUT2D eigenvalue weighted by Gasteiger charge is -2.23. The van der Waals surface area contributed by atoms with Gasteiger partial charge >= 0.3 is 6.03 Å². The molecule has 2 amide bonds. The Labute approximate surface area is 116 Å². The van der Waals surface area contributed by atoms with Crippen molar-refractivity contribution in [1.82, 2.24) is 10.6 Å². The van der Waals surface area contributed by atoms with Crippen LogP contribution in [0.1, 0.15) is 33.6 Å². The van der Waals surface area contributed by atoms with Crippen molar-refractivity contribution in [3.63, 3.8) is 0 Å². The summed E-state index contributed by atoms with van der Waals surface area (Å²) < 4.78 is 10.8. The van der Waals surface area contributed by atoms with Gasteiger partial charge in [0.05, 0.1) is 18.8 Å². The van der Waals surface area contributed by atoms with Gasteiger partial charge in [0.1, 0.15) is 0 Å². The van der Waals surface area contributed by atoms with Crippen LogP contribution in [0.15, 0.2) is 0 Å². The van der Waals surface area contributed by atoms with E-state index >= 15 is 0 Å². The molecular formula is C14H28N2O3. The first-order valence-corrected chi connectivity index (χ1v) is 7.23. The van der Waals surface area contributed by atoms with Crippen LogP contribution >= 0.6 is 0 Å². The van der Waals surface area contributed by atoms with E-state index in [-0.39, 0.29) is 18.2 Å². The first-order chi connectivity index (χ1) is 9.08. The maximum atomic E-state index is 11.8. The Balaban J connectivity index is 2.29. The van der Waals surface area contributed by atoms with Crippen LogP contribution in [0.25, 0.3) is 0 Å². The highest BCUT2D eigenvalue weighted by molar-refractivity contribution is 5.74. The Morgan fingerprint density at radius 3 is 2.79 bits per heavy atom.